The summed E-state index contributed by atoms with van der Waals surface area (Å²) < 4.78 is 36.4. The van der Waals surface area contributed by atoms with E-state index in [1.807, 2.05) is 5.32 Å². The fourth-order valence-electron chi connectivity index (χ4n) is 1.27. The molecular weight excluding hydrogens is 203 g/mol. The van der Waals surface area contributed by atoms with E-state index in [0.717, 1.165) is 0 Å². The Bertz CT molecular complexity index is 263. The molecule has 2 atom stereocenters. The van der Waals surface area contributed by atoms with Gasteiger partial charge in [-0.05, 0) is 0 Å². The summed E-state index contributed by atoms with van der Waals surface area (Å²) in [6.45, 7) is 0. The number of piperidine rings is 1. The van der Waals surface area contributed by atoms with Gasteiger partial charge in [-0.1, -0.05) is 0 Å². The van der Waals surface area contributed by atoms with Crippen LogP contribution in [0.25, 0.3) is 0 Å². The van der Waals surface area contributed by atoms with E-state index in [1.54, 1.807) is 0 Å². The molecule has 4 nitrogen and oxygen atoms in total. The third kappa shape index (κ3) is 2.44. The van der Waals surface area contributed by atoms with Crippen molar-refractivity contribution >= 4 is 11.8 Å². The van der Waals surface area contributed by atoms with E-state index < -0.39 is 36.4 Å². The van der Waals surface area contributed by atoms with Gasteiger partial charge in [0.25, 0.3) is 0 Å². The van der Waals surface area contributed by atoms with Gasteiger partial charge in [0.2, 0.25) is 0 Å². The minimum atomic E-state index is -4.58. The van der Waals surface area contributed by atoms with Crippen molar-refractivity contribution in [1.29, 1.82) is 0 Å². The number of rotatable bonds is 1. The van der Waals surface area contributed by atoms with Crippen molar-refractivity contribution in [3.8, 4) is 0 Å². The van der Waals surface area contributed by atoms with Crippen LogP contribution in [0.1, 0.15) is 12.8 Å². The third-order valence-corrected chi connectivity index (χ3v) is 1.96. The van der Waals surface area contributed by atoms with Gasteiger partial charge >= 0.3 is 12.1 Å². The van der Waals surface area contributed by atoms with Crippen LogP contribution in [0, 0.1) is 0 Å². The first-order chi connectivity index (χ1) is 6.30. The van der Waals surface area contributed by atoms with Crippen LogP contribution >= 0.6 is 0 Å². The predicted octanol–water partition coefficient (Wildman–Crippen LogP) is 0.323. The van der Waals surface area contributed by atoms with Gasteiger partial charge in [-0.3, -0.25) is 14.9 Å². The Morgan fingerprint density at radius 1 is 1.43 bits per heavy atom. The number of alkyl halides is 3. The molecule has 0 amide bonds. The van der Waals surface area contributed by atoms with Gasteiger partial charge in [0, 0.05) is 12.8 Å². The summed E-state index contributed by atoms with van der Waals surface area (Å²) in [5.41, 5.74) is 0. The Balaban J connectivity index is 2.73. The van der Waals surface area contributed by atoms with Crippen LogP contribution in [-0.4, -0.2) is 35.1 Å². The molecule has 14 heavy (non-hydrogen) atoms. The molecule has 0 aliphatic carbocycles. The fourth-order valence-corrected chi connectivity index (χ4v) is 1.27. The minimum Gasteiger partial charge on any atom is -0.480 e. The zero-order valence-corrected chi connectivity index (χ0v) is 6.97. The number of nitrogens with one attached hydrogen (secondary N) is 1. The SMILES string of the molecule is O=C1CC(C(=O)O)NC(C(F)(F)F)C1. The summed E-state index contributed by atoms with van der Waals surface area (Å²) in [6, 6.07) is -3.47. The molecule has 0 spiro atoms. The van der Waals surface area contributed by atoms with Crippen molar-refractivity contribution in [2.24, 2.45) is 0 Å². The third-order valence-electron chi connectivity index (χ3n) is 1.96. The molecule has 7 heteroatoms. The molecule has 80 valence electrons. The first kappa shape index (κ1) is 11.0. The highest BCUT2D eigenvalue weighted by molar-refractivity contribution is 5.87. The number of ketones is 1. The molecule has 0 aromatic heterocycles. The number of carboxylic acids is 1. The highest BCUT2D eigenvalue weighted by Crippen LogP contribution is 2.26. The van der Waals surface area contributed by atoms with Gasteiger partial charge < -0.3 is 5.11 Å². The molecule has 2 unspecified atom stereocenters. The molecule has 1 saturated heterocycles. The summed E-state index contributed by atoms with van der Waals surface area (Å²) in [5, 5.41) is 10.3. The lowest BCUT2D eigenvalue weighted by atomic mass is 9.97. The maximum absolute atomic E-state index is 12.1. The molecule has 0 aromatic rings. The molecule has 1 aliphatic rings. The molecule has 1 aliphatic heterocycles. The lowest BCUT2D eigenvalue weighted by Gasteiger charge is -2.29. The van der Waals surface area contributed by atoms with Crippen LogP contribution in [0.5, 0.6) is 0 Å². The summed E-state index contributed by atoms with van der Waals surface area (Å²) in [7, 11) is 0. The number of hydrogen-bond donors (Lipinski definition) is 2. The van der Waals surface area contributed by atoms with Crippen LogP contribution in [0.2, 0.25) is 0 Å². The molecule has 0 radical (unpaired) electrons. The van der Waals surface area contributed by atoms with E-state index in [2.05, 4.69) is 0 Å². The first-order valence-electron chi connectivity index (χ1n) is 3.88. The standard InChI is InChI=1S/C7H8F3NO3/c8-7(9,10)5-2-3(12)1-4(11-5)6(13)14/h4-5,11H,1-2H2,(H,13,14). The Morgan fingerprint density at radius 2 is 2.00 bits per heavy atom. The second-order valence-electron chi connectivity index (χ2n) is 3.10. The minimum absolute atomic E-state index is 0.387. The topological polar surface area (TPSA) is 66.4 Å². The maximum atomic E-state index is 12.1. The zero-order chi connectivity index (χ0) is 10.9. The average Bonchev–Trinajstić information content (AvgIpc) is 2.01. The highest BCUT2D eigenvalue weighted by Gasteiger charge is 2.45. The quantitative estimate of drug-likeness (QED) is 0.655. The van der Waals surface area contributed by atoms with E-state index in [0.29, 0.717) is 0 Å². The van der Waals surface area contributed by atoms with E-state index in [4.69, 9.17) is 5.11 Å². The van der Waals surface area contributed by atoms with Crippen LogP contribution in [0.4, 0.5) is 13.2 Å². The number of Topliss-reactive ketones (excluding diaryl/α,β-unsaturated/α-hetero) is 1. The Labute approximate surface area is 77.1 Å². The van der Waals surface area contributed by atoms with Gasteiger partial charge in [0.15, 0.2) is 0 Å². The summed E-state index contributed by atoms with van der Waals surface area (Å²) in [5.74, 6) is -2.12. The van der Waals surface area contributed by atoms with Gasteiger partial charge in [-0.15, -0.1) is 0 Å². The van der Waals surface area contributed by atoms with Crippen LogP contribution in [0.15, 0.2) is 0 Å². The Morgan fingerprint density at radius 3 is 2.43 bits per heavy atom. The zero-order valence-electron chi connectivity index (χ0n) is 6.97. The van der Waals surface area contributed by atoms with Crippen molar-refractivity contribution in [3.05, 3.63) is 0 Å². The largest absolute Gasteiger partial charge is 0.480 e. The van der Waals surface area contributed by atoms with Crippen molar-refractivity contribution in [2.75, 3.05) is 0 Å². The van der Waals surface area contributed by atoms with Crippen molar-refractivity contribution in [2.45, 2.75) is 31.1 Å². The van der Waals surface area contributed by atoms with Crippen LogP contribution in [0.3, 0.4) is 0 Å². The van der Waals surface area contributed by atoms with Gasteiger partial charge in [-0.2, -0.15) is 13.2 Å². The summed E-state index contributed by atoms with van der Waals surface area (Å²) >= 11 is 0. The van der Waals surface area contributed by atoms with Crippen LogP contribution < -0.4 is 5.32 Å². The van der Waals surface area contributed by atoms with E-state index >= 15 is 0 Å². The lowest BCUT2D eigenvalue weighted by molar-refractivity contribution is -0.171. The second-order valence-corrected chi connectivity index (χ2v) is 3.10. The number of carbonyl (C=O) groups excluding carboxylic acids is 1. The fraction of sp³-hybridized carbons (Fsp3) is 0.714. The predicted molar refractivity (Wildman–Crippen MR) is 38.6 cm³/mol. The molecule has 0 aromatic carbocycles. The first-order valence-corrected chi connectivity index (χ1v) is 3.88. The van der Waals surface area contributed by atoms with E-state index in [1.165, 1.54) is 0 Å². The molecule has 2 N–H and O–H groups in total. The van der Waals surface area contributed by atoms with Gasteiger partial charge in [-0.25, -0.2) is 0 Å². The Kier molecular flexibility index (Phi) is 2.79. The van der Waals surface area contributed by atoms with Gasteiger partial charge in [0.05, 0.1) is 0 Å². The van der Waals surface area contributed by atoms with Crippen molar-refractivity contribution in [3.63, 3.8) is 0 Å². The molecular formula is C7H8F3NO3. The molecule has 1 rings (SSSR count). The number of aliphatic carboxylic acids is 1. The molecule has 0 saturated carbocycles. The van der Waals surface area contributed by atoms with E-state index in [9.17, 15) is 22.8 Å². The molecule has 0 bridgehead atoms. The number of carbonyl (C=O) groups is 2. The number of hydrogen-bond acceptors (Lipinski definition) is 3. The number of halogens is 3. The normalized spacial score (nSPS) is 28.9. The summed E-state index contributed by atoms with van der Waals surface area (Å²) in [6.07, 6.45) is -5.65. The van der Waals surface area contributed by atoms with E-state index in [-0.39, 0.29) is 6.42 Å². The maximum Gasteiger partial charge on any atom is 0.404 e. The Hall–Kier alpha value is -1.11. The van der Waals surface area contributed by atoms with Crippen LogP contribution in [-0.2, 0) is 9.59 Å². The molecule has 1 fully saturated rings. The summed E-state index contributed by atoms with van der Waals surface area (Å²) in [4.78, 5) is 21.2. The highest BCUT2D eigenvalue weighted by atomic mass is 19.4. The second kappa shape index (κ2) is 3.56. The number of carboxylic acid groups (broad SMARTS) is 1. The molecule has 1 heterocycles. The smallest absolute Gasteiger partial charge is 0.404 e. The average molecular weight is 211 g/mol. The monoisotopic (exact) mass is 211 g/mol. The lowest BCUT2D eigenvalue weighted by Crippen LogP contribution is -2.55. The van der Waals surface area contributed by atoms with Crippen molar-refractivity contribution < 1.29 is 27.9 Å². The van der Waals surface area contributed by atoms with Gasteiger partial charge in [0.1, 0.15) is 17.9 Å². The van der Waals surface area contributed by atoms with Crippen molar-refractivity contribution in [1.82, 2.24) is 5.32 Å².